The molecule has 174 valence electrons. The van der Waals surface area contributed by atoms with Crippen molar-refractivity contribution in [1.29, 1.82) is 5.26 Å². The van der Waals surface area contributed by atoms with Gasteiger partial charge in [-0.3, -0.25) is 4.79 Å². The summed E-state index contributed by atoms with van der Waals surface area (Å²) in [4.78, 5) is 21.3. The summed E-state index contributed by atoms with van der Waals surface area (Å²) in [6.07, 6.45) is 9.40. The Morgan fingerprint density at radius 2 is 2.00 bits per heavy atom. The first-order chi connectivity index (χ1) is 17.0. The molecular formula is C26H20N4O5. The van der Waals surface area contributed by atoms with E-state index in [-0.39, 0.29) is 28.6 Å². The van der Waals surface area contributed by atoms with Crippen LogP contribution in [0.25, 0.3) is 28.1 Å². The SMILES string of the molecule is COc1cc(-c2cncnc2)c2c(c1)c(C=C1Oc3cc(O)cc(O)c3C1=O)cn2CCCC#N. The Hall–Kier alpha value is -4.84. The van der Waals surface area contributed by atoms with E-state index in [0.29, 0.717) is 30.7 Å². The maximum Gasteiger partial charge on any atom is 0.235 e. The van der Waals surface area contributed by atoms with Crippen molar-refractivity contribution in [3.8, 4) is 40.2 Å². The van der Waals surface area contributed by atoms with Crippen LogP contribution in [-0.2, 0) is 6.54 Å². The molecule has 0 atom stereocenters. The molecule has 0 amide bonds. The fourth-order valence-electron chi connectivity index (χ4n) is 4.25. The predicted molar refractivity (Wildman–Crippen MR) is 127 cm³/mol. The van der Waals surface area contributed by atoms with Gasteiger partial charge in [0.25, 0.3) is 0 Å². The second kappa shape index (κ2) is 8.83. The number of aryl methyl sites for hydroxylation is 1. The number of aromatic nitrogens is 3. The summed E-state index contributed by atoms with van der Waals surface area (Å²) in [5.74, 6) is -0.317. The number of benzene rings is 2. The molecule has 2 N–H and O–H groups in total. The summed E-state index contributed by atoms with van der Waals surface area (Å²) in [5, 5.41) is 29.7. The number of unbranched alkanes of at least 4 members (excludes halogenated alkanes) is 1. The number of Topliss-reactive ketones (excluding diaryl/α,β-unsaturated/α-hetero) is 1. The van der Waals surface area contributed by atoms with Crippen LogP contribution < -0.4 is 9.47 Å². The van der Waals surface area contributed by atoms with Crippen LogP contribution >= 0.6 is 0 Å². The van der Waals surface area contributed by atoms with Gasteiger partial charge < -0.3 is 24.3 Å². The molecule has 0 spiro atoms. The third kappa shape index (κ3) is 3.91. The Morgan fingerprint density at radius 3 is 2.74 bits per heavy atom. The molecule has 1 aliphatic rings. The Morgan fingerprint density at radius 1 is 1.20 bits per heavy atom. The van der Waals surface area contributed by atoms with Gasteiger partial charge in [-0.25, -0.2) is 9.97 Å². The highest BCUT2D eigenvalue weighted by Gasteiger charge is 2.31. The number of carbonyl (C=O) groups excluding carboxylic acids is 1. The molecule has 0 unspecified atom stereocenters. The number of ketones is 1. The third-order valence-electron chi connectivity index (χ3n) is 5.79. The van der Waals surface area contributed by atoms with E-state index in [4.69, 9.17) is 14.7 Å². The van der Waals surface area contributed by atoms with Gasteiger partial charge in [-0.05, 0) is 24.6 Å². The first kappa shape index (κ1) is 22.0. The molecule has 9 heteroatoms. The molecule has 2 aromatic heterocycles. The largest absolute Gasteiger partial charge is 0.508 e. The molecule has 5 rings (SSSR count). The minimum absolute atomic E-state index is 0.00603. The minimum Gasteiger partial charge on any atom is -0.508 e. The first-order valence-corrected chi connectivity index (χ1v) is 10.8. The molecule has 9 nitrogen and oxygen atoms in total. The van der Waals surface area contributed by atoms with Crippen molar-refractivity contribution in [2.24, 2.45) is 0 Å². The highest BCUT2D eigenvalue weighted by Crippen LogP contribution is 2.42. The second-order valence-electron chi connectivity index (χ2n) is 8.02. The fourth-order valence-corrected chi connectivity index (χ4v) is 4.25. The number of carbonyl (C=O) groups is 1. The van der Waals surface area contributed by atoms with E-state index in [2.05, 4.69) is 16.0 Å². The minimum atomic E-state index is -0.484. The average molecular weight is 468 g/mol. The number of phenols is 2. The van der Waals surface area contributed by atoms with Gasteiger partial charge in [-0.15, -0.1) is 0 Å². The summed E-state index contributed by atoms with van der Waals surface area (Å²) in [5.41, 5.74) is 3.19. The Bertz CT molecular complexity index is 1530. The van der Waals surface area contributed by atoms with Gasteiger partial charge >= 0.3 is 0 Å². The number of fused-ring (bicyclic) bond motifs is 2. The molecule has 0 aliphatic carbocycles. The van der Waals surface area contributed by atoms with Gasteiger partial charge in [-0.1, -0.05) is 0 Å². The summed E-state index contributed by atoms with van der Waals surface area (Å²) >= 11 is 0. The number of hydrogen-bond acceptors (Lipinski definition) is 8. The second-order valence-corrected chi connectivity index (χ2v) is 8.02. The zero-order chi connectivity index (χ0) is 24.5. The molecule has 0 bridgehead atoms. The fraction of sp³-hybridized carbons (Fsp3) is 0.154. The molecule has 2 aromatic carbocycles. The molecule has 0 fully saturated rings. The molecule has 3 heterocycles. The number of ether oxygens (including phenoxy) is 2. The van der Waals surface area contributed by atoms with Crippen LogP contribution in [0.5, 0.6) is 23.0 Å². The van der Waals surface area contributed by atoms with Crippen molar-refractivity contribution in [2.75, 3.05) is 7.11 Å². The van der Waals surface area contributed by atoms with E-state index in [1.807, 2.05) is 22.9 Å². The van der Waals surface area contributed by atoms with Crippen LogP contribution in [0.15, 0.2) is 54.9 Å². The van der Waals surface area contributed by atoms with Gasteiger partial charge in [0, 0.05) is 65.8 Å². The third-order valence-corrected chi connectivity index (χ3v) is 5.79. The lowest BCUT2D eigenvalue weighted by atomic mass is 10.0. The standard InChI is InChI=1S/C26H20N4O5/c1-34-18-9-19-15(6-23-26(33)24-21(32)7-17(31)8-22(24)35-23)13-30(5-3-2-4-27)25(19)20(10-18)16-11-28-14-29-12-16/h6-14,31-32H,2-3,5H2,1H3. The van der Waals surface area contributed by atoms with E-state index in [0.717, 1.165) is 28.1 Å². The lowest BCUT2D eigenvalue weighted by Crippen LogP contribution is -1.98. The smallest absolute Gasteiger partial charge is 0.235 e. The van der Waals surface area contributed by atoms with Gasteiger partial charge in [0.2, 0.25) is 5.78 Å². The summed E-state index contributed by atoms with van der Waals surface area (Å²) in [6, 6.07) is 8.32. The summed E-state index contributed by atoms with van der Waals surface area (Å²) in [7, 11) is 1.57. The van der Waals surface area contributed by atoms with Gasteiger partial charge in [0.15, 0.2) is 5.76 Å². The number of phenolic OH excluding ortho intramolecular Hbond substituents is 2. The van der Waals surface area contributed by atoms with E-state index >= 15 is 0 Å². The normalized spacial score (nSPS) is 13.6. The van der Waals surface area contributed by atoms with Crippen molar-refractivity contribution in [2.45, 2.75) is 19.4 Å². The highest BCUT2D eigenvalue weighted by molar-refractivity contribution is 6.17. The quantitative estimate of drug-likeness (QED) is 0.314. The topological polar surface area (TPSA) is 130 Å². The number of allylic oxidation sites excluding steroid dienone is 1. The van der Waals surface area contributed by atoms with Gasteiger partial charge in [0.1, 0.15) is 34.9 Å². The molecule has 1 aliphatic heterocycles. The predicted octanol–water partition coefficient (Wildman–Crippen LogP) is 4.44. The number of rotatable bonds is 6. The van der Waals surface area contributed by atoms with E-state index in [1.54, 1.807) is 25.6 Å². The first-order valence-electron chi connectivity index (χ1n) is 10.8. The Balaban J connectivity index is 1.70. The summed E-state index contributed by atoms with van der Waals surface area (Å²) < 4.78 is 13.3. The van der Waals surface area contributed by atoms with Crippen LogP contribution in [-0.4, -0.2) is 37.6 Å². The lowest BCUT2D eigenvalue weighted by Gasteiger charge is -2.11. The van der Waals surface area contributed by atoms with E-state index < -0.39 is 5.78 Å². The van der Waals surface area contributed by atoms with Crippen LogP contribution in [0.3, 0.4) is 0 Å². The molecule has 0 radical (unpaired) electrons. The average Bonchev–Trinajstić information content (AvgIpc) is 3.36. The van der Waals surface area contributed by atoms with Crippen molar-refractivity contribution < 1.29 is 24.5 Å². The maximum atomic E-state index is 13.0. The van der Waals surface area contributed by atoms with Crippen molar-refractivity contribution >= 4 is 22.8 Å². The Labute approximate surface area is 200 Å². The zero-order valence-corrected chi connectivity index (χ0v) is 18.7. The van der Waals surface area contributed by atoms with Crippen LogP contribution in [0.4, 0.5) is 0 Å². The maximum absolute atomic E-state index is 13.0. The molecule has 4 aromatic rings. The monoisotopic (exact) mass is 468 g/mol. The number of methoxy groups -OCH3 is 1. The van der Waals surface area contributed by atoms with E-state index in [1.165, 1.54) is 12.4 Å². The van der Waals surface area contributed by atoms with Crippen LogP contribution in [0, 0.1) is 11.3 Å². The van der Waals surface area contributed by atoms with Crippen LogP contribution in [0.1, 0.15) is 28.8 Å². The highest BCUT2D eigenvalue weighted by atomic mass is 16.5. The van der Waals surface area contributed by atoms with Crippen LogP contribution in [0.2, 0.25) is 0 Å². The molecule has 35 heavy (non-hydrogen) atoms. The molecule has 0 saturated heterocycles. The molecular weight excluding hydrogens is 448 g/mol. The van der Waals surface area contributed by atoms with Gasteiger partial charge in [-0.2, -0.15) is 5.26 Å². The lowest BCUT2D eigenvalue weighted by molar-refractivity contribution is 0.101. The Kier molecular flexibility index (Phi) is 5.55. The van der Waals surface area contributed by atoms with Crippen molar-refractivity contribution in [1.82, 2.24) is 14.5 Å². The number of nitriles is 1. The van der Waals surface area contributed by atoms with Crippen molar-refractivity contribution in [3.63, 3.8) is 0 Å². The van der Waals surface area contributed by atoms with Gasteiger partial charge in [0.05, 0.1) is 18.7 Å². The summed E-state index contributed by atoms with van der Waals surface area (Å²) in [6.45, 7) is 0.573. The number of aromatic hydroxyl groups is 2. The number of hydrogen-bond donors (Lipinski definition) is 2. The zero-order valence-electron chi connectivity index (χ0n) is 18.7. The number of nitrogens with zero attached hydrogens (tertiary/aromatic N) is 4. The van der Waals surface area contributed by atoms with Crippen molar-refractivity contribution in [3.05, 3.63) is 66.1 Å². The van der Waals surface area contributed by atoms with E-state index in [9.17, 15) is 15.0 Å². The molecule has 0 saturated carbocycles.